The molecule has 7 heteroatoms. The lowest BCUT2D eigenvalue weighted by Crippen LogP contribution is -2.44. The fourth-order valence-electron chi connectivity index (χ4n) is 3.10. The summed E-state index contributed by atoms with van der Waals surface area (Å²) in [5.41, 5.74) is 8.68. The summed E-state index contributed by atoms with van der Waals surface area (Å²) in [7, 11) is 1.86. The third-order valence-corrected chi connectivity index (χ3v) is 4.69. The molecule has 0 radical (unpaired) electrons. The van der Waals surface area contributed by atoms with Crippen LogP contribution in [0.3, 0.4) is 0 Å². The van der Waals surface area contributed by atoms with E-state index in [0.717, 1.165) is 22.2 Å². The van der Waals surface area contributed by atoms with Crippen molar-refractivity contribution in [1.82, 2.24) is 20.4 Å². The Balaban J connectivity index is 1.52. The summed E-state index contributed by atoms with van der Waals surface area (Å²) in [6.45, 7) is 5.92. The largest absolute Gasteiger partial charge is 0.483 e. The van der Waals surface area contributed by atoms with Crippen LogP contribution in [0.25, 0.3) is 11.0 Å². The zero-order valence-corrected chi connectivity index (χ0v) is 17.2. The van der Waals surface area contributed by atoms with Gasteiger partial charge in [-0.25, -0.2) is 4.98 Å². The number of amides is 2. The van der Waals surface area contributed by atoms with Crippen molar-refractivity contribution in [2.75, 3.05) is 6.61 Å². The molecule has 0 aliphatic rings. The number of carbonyl (C=O) groups excluding carboxylic acids is 2. The van der Waals surface area contributed by atoms with Gasteiger partial charge in [0.15, 0.2) is 6.61 Å². The van der Waals surface area contributed by atoms with Crippen LogP contribution >= 0.6 is 0 Å². The Morgan fingerprint density at radius 2 is 1.83 bits per heavy atom. The van der Waals surface area contributed by atoms with Crippen LogP contribution in [0.4, 0.5) is 0 Å². The highest BCUT2D eigenvalue weighted by Crippen LogP contribution is 2.27. The molecule has 0 aliphatic carbocycles. The number of aryl methyl sites for hydroxylation is 2. The van der Waals surface area contributed by atoms with E-state index in [1.54, 1.807) is 0 Å². The second-order valence-electron chi connectivity index (χ2n) is 7.33. The van der Waals surface area contributed by atoms with Crippen molar-refractivity contribution in [2.45, 2.75) is 33.1 Å². The number of benzene rings is 2. The first-order valence-electron chi connectivity index (χ1n) is 9.56. The third-order valence-electron chi connectivity index (χ3n) is 4.69. The predicted octanol–water partition coefficient (Wildman–Crippen LogP) is 2.77. The van der Waals surface area contributed by atoms with Crippen LogP contribution < -0.4 is 15.6 Å². The Labute approximate surface area is 170 Å². The second kappa shape index (κ2) is 8.77. The molecule has 0 atom stereocenters. The normalized spacial score (nSPS) is 10.9. The molecule has 29 heavy (non-hydrogen) atoms. The number of para-hydroxylation sites is 2. The second-order valence-corrected chi connectivity index (χ2v) is 7.33. The molecular weight excluding hydrogens is 368 g/mol. The Morgan fingerprint density at radius 1 is 1.10 bits per heavy atom. The Hall–Kier alpha value is -3.35. The molecule has 0 saturated heterocycles. The minimum atomic E-state index is -0.431. The Morgan fingerprint density at radius 3 is 2.55 bits per heavy atom. The molecule has 0 aliphatic heterocycles. The molecule has 2 N–H and O–H groups in total. The summed E-state index contributed by atoms with van der Waals surface area (Å²) in [5.74, 6) is 0.799. The summed E-state index contributed by atoms with van der Waals surface area (Å²) in [5, 5.41) is 0. The fraction of sp³-hybridized carbons (Fsp3) is 0.318. The molecule has 7 nitrogen and oxygen atoms in total. The molecule has 2 aromatic carbocycles. The molecule has 3 aromatic rings. The summed E-state index contributed by atoms with van der Waals surface area (Å²) < 4.78 is 7.54. The molecule has 152 valence electrons. The number of nitrogens with one attached hydrogen (secondary N) is 2. The smallest absolute Gasteiger partial charge is 0.276 e. The van der Waals surface area contributed by atoms with E-state index in [2.05, 4.69) is 29.7 Å². The lowest BCUT2D eigenvalue weighted by Gasteiger charge is -2.15. The van der Waals surface area contributed by atoms with E-state index in [4.69, 9.17) is 4.74 Å². The molecule has 0 fully saturated rings. The summed E-state index contributed by atoms with van der Waals surface area (Å²) >= 11 is 0. The monoisotopic (exact) mass is 394 g/mol. The van der Waals surface area contributed by atoms with Gasteiger partial charge in [-0.1, -0.05) is 38.1 Å². The molecule has 2 amide bonds. The number of nitrogens with zero attached hydrogens (tertiary/aromatic N) is 2. The molecular formula is C22H26N4O3. The highest BCUT2D eigenvalue weighted by atomic mass is 16.5. The van der Waals surface area contributed by atoms with Crippen LogP contribution in [0.1, 0.15) is 36.7 Å². The van der Waals surface area contributed by atoms with E-state index >= 15 is 0 Å². The highest BCUT2D eigenvalue weighted by Gasteiger charge is 2.13. The van der Waals surface area contributed by atoms with Gasteiger partial charge in [-0.05, 0) is 42.2 Å². The fourth-order valence-corrected chi connectivity index (χ4v) is 3.10. The van der Waals surface area contributed by atoms with Gasteiger partial charge >= 0.3 is 0 Å². The van der Waals surface area contributed by atoms with Gasteiger partial charge in [-0.3, -0.25) is 20.4 Å². The minimum absolute atomic E-state index is 0.0572. The van der Waals surface area contributed by atoms with Crippen LogP contribution in [0.15, 0.2) is 42.5 Å². The van der Waals surface area contributed by atoms with Crippen molar-refractivity contribution in [1.29, 1.82) is 0 Å². The number of hydrazine groups is 1. The van der Waals surface area contributed by atoms with Gasteiger partial charge in [0.2, 0.25) is 5.91 Å². The highest BCUT2D eigenvalue weighted by molar-refractivity contribution is 5.84. The van der Waals surface area contributed by atoms with Crippen molar-refractivity contribution in [3.8, 4) is 5.75 Å². The van der Waals surface area contributed by atoms with E-state index < -0.39 is 5.91 Å². The van der Waals surface area contributed by atoms with Crippen LogP contribution in [0.5, 0.6) is 5.75 Å². The van der Waals surface area contributed by atoms with Gasteiger partial charge in [0.25, 0.3) is 5.91 Å². The maximum absolute atomic E-state index is 12.2. The zero-order chi connectivity index (χ0) is 21.0. The predicted molar refractivity (Wildman–Crippen MR) is 111 cm³/mol. The first-order valence-corrected chi connectivity index (χ1v) is 9.56. The van der Waals surface area contributed by atoms with E-state index in [0.29, 0.717) is 11.6 Å². The topological polar surface area (TPSA) is 85.2 Å². The van der Waals surface area contributed by atoms with E-state index in [-0.39, 0.29) is 24.9 Å². The minimum Gasteiger partial charge on any atom is -0.483 e. The standard InChI is InChI=1S/C22H26N4O3/c1-14(2)16-10-9-15(3)11-19(16)29-13-22(28)25-24-21(27)12-20-23-17-7-5-6-8-18(17)26(20)4/h5-11,14H,12-13H2,1-4H3,(H,24,27)(H,25,28). The average molecular weight is 394 g/mol. The summed E-state index contributed by atoms with van der Waals surface area (Å²) in [6, 6.07) is 13.6. The average Bonchev–Trinajstić information content (AvgIpc) is 3.00. The summed E-state index contributed by atoms with van der Waals surface area (Å²) in [4.78, 5) is 28.7. The molecule has 0 spiro atoms. The third kappa shape index (κ3) is 4.93. The molecule has 1 aromatic heterocycles. The number of rotatable bonds is 6. The van der Waals surface area contributed by atoms with Crippen LogP contribution in [-0.2, 0) is 23.1 Å². The van der Waals surface area contributed by atoms with Crippen molar-refractivity contribution in [3.05, 3.63) is 59.4 Å². The van der Waals surface area contributed by atoms with Gasteiger partial charge in [-0.15, -0.1) is 0 Å². The molecule has 0 unspecified atom stereocenters. The van der Waals surface area contributed by atoms with Crippen molar-refractivity contribution in [2.24, 2.45) is 7.05 Å². The van der Waals surface area contributed by atoms with Crippen molar-refractivity contribution < 1.29 is 14.3 Å². The van der Waals surface area contributed by atoms with E-state index in [9.17, 15) is 9.59 Å². The molecule has 0 saturated carbocycles. The number of imidazole rings is 1. The van der Waals surface area contributed by atoms with Crippen molar-refractivity contribution >= 4 is 22.8 Å². The first kappa shape index (κ1) is 20.4. The maximum atomic E-state index is 12.2. The number of aromatic nitrogens is 2. The van der Waals surface area contributed by atoms with Gasteiger partial charge in [0.1, 0.15) is 11.6 Å². The van der Waals surface area contributed by atoms with Crippen LogP contribution in [0.2, 0.25) is 0 Å². The molecule has 0 bridgehead atoms. The number of fused-ring (bicyclic) bond motifs is 1. The quantitative estimate of drug-likeness (QED) is 0.630. The van der Waals surface area contributed by atoms with Gasteiger partial charge in [0.05, 0.1) is 17.5 Å². The molecule has 1 heterocycles. The lowest BCUT2D eigenvalue weighted by molar-refractivity contribution is -0.129. The van der Waals surface area contributed by atoms with E-state index in [1.165, 1.54) is 0 Å². The SMILES string of the molecule is Cc1ccc(C(C)C)c(OCC(=O)NNC(=O)Cc2nc3ccccc3n2C)c1. The van der Waals surface area contributed by atoms with Crippen molar-refractivity contribution in [3.63, 3.8) is 0 Å². The van der Waals surface area contributed by atoms with E-state index in [1.807, 2.05) is 61.0 Å². The number of hydrogen-bond donors (Lipinski definition) is 2. The Kier molecular flexibility index (Phi) is 6.16. The number of ether oxygens (including phenoxy) is 1. The van der Waals surface area contributed by atoms with Gasteiger partial charge < -0.3 is 9.30 Å². The van der Waals surface area contributed by atoms with Crippen LogP contribution in [-0.4, -0.2) is 28.0 Å². The van der Waals surface area contributed by atoms with Gasteiger partial charge in [-0.2, -0.15) is 0 Å². The van der Waals surface area contributed by atoms with Gasteiger partial charge in [0, 0.05) is 7.05 Å². The number of hydrogen-bond acceptors (Lipinski definition) is 4. The first-order chi connectivity index (χ1) is 13.8. The number of carbonyl (C=O) groups is 2. The molecule has 3 rings (SSSR count). The summed E-state index contributed by atoms with van der Waals surface area (Å²) in [6.07, 6.45) is 0.0572. The van der Waals surface area contributed by atoms with Crippen LogP contribution in [0, 0.1) is 6.92 Å². The lowest BCUT2D eigenvalue weighted by atomic mass is 10.0. The Bertz CT molecular complexity index is 1040. The maximum Gasteiger partial charge on any atom is 0.276 e. The zero-order valence-electron chi connectivity index (χ0n) is 17.2.